The Morgan fingerprint density at radius 1 is 1.00 bits per heavy atom. The first-order valence-electron chi connectivity index (χ1n) is 6.99. The fourth-order valence-corrected chi connectivity index (χ4v) is 3.31. The number of hydrogen-bond acceptors (Lipinski definition) is 3. The molecule has 0 fully saturated rings. The highest BCUT2D eigenvalue weighted by molar-refractivity contribution is 7.18. The average molecular weight is 282 g/mol. The zero-order chi connectivity index (χ0) is 13.8. The molecule has 3 aromatic rings. The smallest absolute Gasteiger partial charge is 0.0982 e. The van der Waals surface area contributed by atoms with E-state index in [1.165, 1.54) is 20.8 Å². The number of aromatic nitrogens is 1. The van der Waals surface area contributed by atoms with Gasteiger partial charge in [0.05, 0.1) is 15.2 Å². The molecule has 0 radical (unpaired) electrons. The second-order valence-electron chi connectivity index (χ2n) is 4.80. The van der Waals surface area contributed by atoms with E-state index in [9.17, 15) is 0 Å². The molecule has 102 valence electrons. The molecule has 1 N–H and O–H groups in total. The summed E-state index contributed by atoms with van der Waals surface area (Å²) in [6, 6.07) is 17.0. The molecule has 0 spiro atoms. The highest BCUT2D eigenvalue weighted by atomic mass is 32.1. The second-order valence-corrected chi connectivity index (χ2v) is 5.92. The topological polar surface area (TPSA) is 24.9 Å². The summed E-state index contributed by atoms with van der Waals surface area (Å²) in [5, 5.41) is 4.59. The van der Waals surface area contributed by atoms with Gasteiger partial charge in [-0.2, -0.15) is 0 Å². The summed E-state index contributed by atoms with van der Waals surface area (Å²) in [7, 11) is 0. The summed E-state index contributed by atoms with van der Waals surface area (Å²) in [6.07, 6.45) is 0.918. The maximum Gasteiger partial charge on any atom is 0.0982 e. The van der Waals surface area contributed by atoms with Crippen LogP contribution in [0.15, 0.2) is 48.5 Å². The Morgan fingerprint density at radius 2 is 1.75 bits per heavy atom. The van der Waals surface area contributed by atoms with Crippen molar-refractivity contribution in [2.24, 2.45) is 0 Å². The van der Waals surface area contributed by atoms with Crippen molar-refractivity contribution in [2.45, 2.75) is 19.9 Å². The van der Waals surface area contributed by atoms with E-state index >= 15 is 0 Å². The maximum absolute atomic E-state index is 4.73. The van der Waals surface area contributed by atoms with Gasteiger partial charge in [-0.15, -0.1) is 11.3 Å². The average Bonchev–Trinajstić information content (AvgIpc) is 2.88. The van der Waals surface area contributed by atoms with Gasteiger partial charge in [0.25, 0.3) is 0 Å². The minimum atomic E-state index is 0.918. The largest absolute Gasteiger partial charge is 0.313 e. The van der Waals surface area contributed by atoms with Gasteiger partial charge in [-0.25, -0.2) is 4.98 Å². The van der Waals surface area contributed by atoms with Crippen molar-refractivity contribution in [3.63, 3.8) is 0 Å². The summed E-state index contributed by atoms with van der Waals surface area (Å²) in [5.41, 5.74) is 3.85. The molecule has 3 rings (SSSR count). The van der Waals surface area contributed by atoms with Crippen LogP contribution in [0.3, 0.4) is 0 Å². The van der Waals surface area contributed by atoms with Gasteiger partial charge in [0.1, 0.15) is 0 Å². The summed E-state index contributed by atoms with van der Waals surface area (Å²) >= 11 is 1.79. The Morgan fingerprint density at radius 3 is 2.55 bits per heavy atom. The van der Waals surface area contributed by atoms with E-state index in [-0.39, 0.29) is 0 Å². The number of nitrogens with zero attached hydrogens (tertiary/aromatic N) is 1. The van der Waals surface area contributed by atoms with E-state index in [1.807, 2.05) is 6.07 Å². The van der Waals surface area contributed by atoms with Crippen LogP contribution in [0.5, 0.6) is 0 Å². The highest BCUT2D eigenvalue weighted by Gasteiger charge is 2.07. The van der Waals surface area contributed by atoms with Gasteiger partial charge in [-0.1, -0.05) is 43.3 Å². The Bertz CT molecular complexity index is 670. The van der Waals surface area contributed by atoms with Gasteiger partial charge in [-0.05, 0) is 29.8 Å². The molecule has 0 atom stereocenters. The Hall–Kier alpha value is -1.71. The van der Waals surface area contributed by atoms with Crippen LogP contribution in [0.1, 0.15) is 23.1 Å². The van der Waals surface area contributed by atoms with E-state index in [4.69, 9.17) is 4.98 Å². The molecule has 2 nitrogen and oxygen atoms in total. The third-order valence-corrected chi connectivity index (χ3v) is 4.40. The highest BCUT2D eigenvalue weighted by Crippen LogP contribution is 2.24. The van der Waals surface area contributed by atoms with E-state index in [1.54, 1.807) is 11.3 Å². The van der Waals surface area contributed by atoms with Gasteiger partial charge in [0.15, 0.2) is 0 Å². The molecule has 0 saturated heterocycles. The Kier molecular flexibility index (Phi) is 4.09. The fraction of sp³-hybridized carbons (Fsp3) is 0.235. The summed E-state index contributed by atoms with van der Waals surface area (Å²) in [5.74, 6) is 0. The van der Waals surface area contributed by atoms with Crippen LogP contribution in [0, 0.1) is 0 Å². The zero-order valence-corrected chi connectivity index (χ0v) is 12.4. The number of thiazole rings is 1. The standard InChI is InChI=1S/C17H18N2S/c1-2-18-12-14-8-4-3-7-13(14)11-17-19-15-9-5-6-10-16(15)20-17/h3-10,18H,2,11-12H2,1H3. The van der Waals surface area contributed by atoms with Crippen LogP contribution in [0.2, 0.25) is 0 Å². The summed E-state index contributed by atoms with van der Waals surface area (Å²) < 4.78 is 1.27. The molecule has 0 saturated carbocycles. The minimum absolute atomic E-state index is 0.918. The van der Waals surface area contributed by atoms with E-state index in [2.05, 4.69) is 54.7 Å². The molecule has 0 bridgehead atoms. The van der Waals surface area contributed by atoms with Crippen molar-refractivity contribution < 1.29 is 0 Å². The molecule has 1 heterocycles. The first kappa shape index (κ1) is 13.3. The predicted molar refractivity (Wildman–Crippen MR) is 86.2 cm³/mol. The van der Waals surface area contributed by atoms with Gasteiger partial charge >= 0.3 is 0 Å². The molecule has 20 heavy (non-hydrogen) atoms. The van der Waals surface area contributed by atoms with E-state index in [0.29, 0.717) is 0 Å². The maximum atomic E-state index is 4.73. The lowest BCUT2D eigenvalue weighted by Gasteiger charge is -2.08. The van der Waals surface area contributed by atoms with Crippen LogP contribution < -0.4 is 5.32 Å². The number of nitrogens with one attached hydrogen (secondary N) is 1. The van der Waals surface area contributed by atoms with Gasteiger partial charge < -0.3 is 5.32 Å². The predicted octanol–water partition coefficient (Wildman–Crippen LogP) is 4.00. The molecule has 0 aliphatic heterocycles. The summed E-state index contributed by atoms with van der Waals surface area (Å²) in [4.78, 5) is 4.73. The van der Waals surface area contributed by atoms with E-state index in [0.717, 1.165) is 25.0 Å². The molecule has 0 aliphatic carbocycles. The molecule has 0 aliphatic rings. The second kappa shape index (κ2) is 6.16. The number of rotatable bonds is 5. The first-order valence-corrected chi connectivity index (χ1v) is 7.80. The van der Waals surface area contributed by atoms with Crippen molar-refractivity contribution in [2.75, 3.05) is 6.54 Å². The fourth-order valence-electron chi connectivity index (χ4n) is 2.32. The summed E-state index contributed by atoms with van der Waals surface area (Å²) in [6.45, 7) is 4.06. The molecule has 3 heteroatoms. The first-order chi connectivity index (χ1) is 9.86. The lowest BCUT2D eigenvalue weighted by molar-refractivity contribution is 0.721. The number of para-hydroxylation sites is 1. The minimum Gasteiger partial charge on any atom is -0.313 e. The third kappa shape index (κ3) is 2.89. The van der Waals surface area contributed by atoms with E-state index < -0.39 is 0 Å². The molecule has 0 unspecified atom stereocenters. The van der Waals surface area contributed by atoms with Crippen LogP contribution >= 0.6 is 11.3 Å². The van der Waals surface area contributed by atoms with Crippen LogP contribution in [0.4, 0.5) is 0 Å². The zero-order valence-electron chi connectivity index (χ0n) is 11.6. The van der Waals surface area contributed by atoms with Crippen molar-refractivity contribution in [1.29, 1.82) is 0 Å². The lowest BCUT2D eigenvalue weighted by Crippen LogP contribution is -2.13. The van der Waals surface area contributed by atoms with Crippen LogP contribution in [0.25, 0.3) is 10.2 Å². The van der Waals surface area contributed by atoms with Crippen molar-refractivity contribution in [3.05, 3.63) is 64.7 Å². The Labute approximate surface area is 123 Å². The SMILES string of the molecule is CCNCc1ccccc1Cc1nc2ccccc2s1. The lowest BCUT2D eigenvalue weighted by atomic mass is 10.0. The van der Waals surface area contributed by atoms with Gasteiger partial charge in [0, 0.05) is 13.0 Å². The molecular weight excluding hydrogens is 264 g/mol. The normalized spacial score (nSPS) is 11.1. The van der Waals surface area contributed by atoms with Crippen molar-refractivity contribution in [1.82, 2.24) is 10.3 Å². The molecule has 1 aromatic heterocycles. The monoisotopic (exact) mass is 282 g/mol. The van der Waals surface area contributed by atoms with Crippen molar-refractivity contribution in [3.8, 4) is 0 Å². The molecular formula is C17H18N2S. The molecule has 2 aromatic carbocycles. The van der Waals surface area contributed by atoms with Crippen LogP contribution in [-0.2, 0) is 13.0 Å². The molecule has 0 amide bonds. The van der Waals surface area contributed by atoms with Crippen molar-refractivity contribution >= 4 is 21.6 Å². The number of benzene rings is 2. The van der Waals surface area contributed by atoms with Gasteiger partial charge in [-0.3, -0.25) is 0 Å². The van der Waals surface area contributed by atoms with Crippen LogP contribution in [-0.4, -0.2) is 11.5 Å². The third-order valence-electron chi connectivity index (χ3n) is 3.36. The Balaban J connectivity index is 1.86. The number of hydrogen-bond donors (Lipinski definition) is 1. The number of fused-ring (bicyclic) bond motifs is 1. The van der Waals surface area contributed by atoms with Gasteiger partial charge in [0.2, 0.25) is 0 Å². The quantitative estimate of drug-likeness (QED) is 0.765.